The van der Waals surface area contributed by atoms with Crippen LogP contribution in [-0.2, 0) is 6.54 Å². The number of fused-ring (bicyclic) bond motifs is 1. The molecule has 0 amide bonds. The van der Waals surface area contributed by atoms with Gasteiger partial charge in [0, 0.05) is 38.1 Å². The molecular formula is C19H19N7OS. The van der Waals surface area contributed by atoms with Gasteiger partial charge in [-0.05, 0) is 42.3 Å². The summed E-state index contributed by atoms with van der Waals surface area (Å²) in [5.41, 5.74) is 0.928. The smallest absolute Gasteiger partial charge is 0.266 e. The van der Waals surface area contributed by atoms with Gasteiger partial charge in [0.05, 0.1) is 10.2 Å². The molecule has 0 aromatic carbocycles. The van der Waals surface area contributed by atoms with E-state index in [1.165, 1.54) is 0 Å². The lowest BCUT2D eigenvalue weighted by molar-refractivity contribution is 0.334. The molecule has 142 valence electrons. The van der Waals surface area contributed by atoms with Crippen LogP contribution in [0.15, 0.2) is 53.2 Å². The van der Waals surface area contributed by atoms with Crippen molar-refractivity contribution in [2.45, 2.75) is 19.4 Å². The average molecular weight is 393 g/mol. The Hall–Kier alpha value is -3.07. The predicted molar refractivity (Wildman–Crippen MR) is 108 cm³/mol. The fraction of sp³-hybridized carbons (Fsp3) is 0.316. The largest absolute Gasteiger partial charge is 0.355 e. The summed E-state index contributed by atoms with van der Waals surface area (Å²) in [5, 5.41) is 10.7. The van der Waals surface area contributed by atoms with E-state index in [4.69, 9.17) is 0 Å². The van der Waals surface area contributed by atoms with Crippen LogP contribution < -0.4 is 10.5 Å². The van der Waals surface area contributed by atoms with Crippen molar-refractivity contribution in [3.05, 3.63) is 58.7 Å². The van der Waals surface area contributed by atoms with E-state index >= 15 is 0 Å². The van der Waals surface area contributed by atoms with Crippen molar-refractivity contribution in [2.24, 2.45) is 5.92 Å². The van der Waals surface area contributed by atoms with Crippen molar-refractivity contribution in [2.75, 3.05) is 18.0 Å². The number of hydrogen-bond acceptors (Lipinski definition) is 7. The molecule has 0 aliphatic carbocycles. The molecule has 1 saturated heterocycles. The van der Waals surface area contributed by atoms with Gasteiger partial charge in [0.1, 0.15) is 12.1 Å². The van der Waals surface area contributed by atoms with Crippen LogP contribution in [-0.4, -0.2) is 42.6 Å². The molecule has 8 nitrogen and oxygen atoms in total. The highest BCUT2D eigenvalue weighted by Gasteiger charge is 2.23. The first-order valence-electron chi connectivity index (χ1n) is 9.29. The van der Waals surface area contributed by atoms with Crippen LogP contribution in [0.4, 0.5) is 5.82 Å². The van der Waals surface area contributed by atoms with Crippen molar-refractivity contribution < 1.29 is 0 Å². The van der Waals surface area contributed by atoms with E-state index in [0.717, 1.165) is 42.0 Å². The van der Waals surface area contributed by atoms with Gasteiger partial charge in [-0.1, -0.05) is 0 Å². The van der Waals surface area contributed by atoms with Gasteiger partial charge in [0.15, 0.2) is 5.82 Å². The number of rotatable bonds is 4. The Balaban J connectivity index is 1.30. The monoisotopic (exact) mass is 393 g/mol. The zero-order chi connectivity index (χ0) is 18.9. The SMILES string of the molecule is O=c1ccc(-n2cccn2)nn1CC1CCN(c2ncnc3ccsc23)CC1. The summed E-state index contributed by atoms with van der Waals surface area (Å²) in [6.07, 6.45) is 7.15. The lowest BCUT2D eigenvalue weighted by Crippen LogP contribution is -2.37. The molecule has 5 rings (SSSR count). The van der Waals surface area contributed by atoms with Crippen molar-refractivity contribution in [3.8, 4) is 5.82 Å². The summed E-state index contributed by atoms with van der Waals surface area (Å²) in [5.74, 6) is 2.09. The van der Waals surface area contributed by atoms with Crippen molar-refractivity contribution in [1.29, 1.82) is 0 Å². The summed E-state index contributed by atoms with van der Waals surface area (Å²) in [6, 6.07) is 7.14. The number of hydrogen-bond donors (Lipinski definition) is 0. The zero-order valence-electron chi connectivity index (χ0n) is 15.2. The number of piperidine rings is 1. The average Bonchev–Trinajstić information content (AvgIpc) is 3.42. The predicted octanol–water partition coefficient (Wildman–Crippen LogP) is 2.35. The first-order valence-corrected chi connectivity index (χ1v) is 10.2. The van der Waals surface area contributed by atoms with E-state index in [1.807, 2.05) is 18.3 Å². The van der Waals surface area contributed by atoms with E-state index in [2.05, 4.69) is 30.4 Å². The Morgan fingerprint density at radius 2 is 2.04 bits per heavy atom. The Bertz CT molecular complexity index is 1140. The lowest BCUT2D eigenvalue weighted by atomic mass is 9.97. The lowest BCUT2D eigenvalue weighted by Gasteiger charge is -2.32. The first kappa shape index (κ1) is 17.1. The molecule has 4 aromatic rings. The van der Waals surface area contributed by atoms with Crippen molar-refractivity contribution in [1.82, 2.24) is 29.5 Å². The minimum atomic E-state index is -0.0746. The summed E-state index contributed by atoms with van der Waals surface area (Å²) in [4.78, 5) is 23.4. The Morgan fingerprint density at radius 3 is 2.86 bits per heavy atom. The molecular weight excluding hydrogens is 374 g/mol. The quantitative estimate of drug-likeness (QED) is 0.529. The Morgan fingerprint density at radius 1 is 1.14 bits per heavy atom. The van der Waals surface area contributed by atoms with Gasteiger partial charge in [0.2, 0.25) is 0 Å². The first-order chi connectivity index (χ1) is 13.8. The van der Waals surface area contributed by atoms with Gasteiger partial charge >= 0.3 is 0 Å². The van der Waals surface area contributed by atoms with Crippen molar-refractivity contribution in [3.63, 3.8) is 0 Å². The van der Waals surface area contributed by atoms with Gasteiger partial charge in [-0.2, -0.15) is 5.10 Å². The summed E-state index contributed by atoms with van der Waals surface area (Å²) < 4.78 is 4.38. The fourth-order valence-electron chi connectivity index (χ4n) is 3.67. The number of anilines is 1. The highest BCUT2D eigenvalue weighted by Crippen LogP contribution is 2.30. The van der Waals surface area contributed by atoms with Crippen LogP contribution in [0.2, 0.25) is 0 Å². The van der Waals surface area contributed by atoms with E-state index in [0.29, 0.717) is 18.3 Å². The Kier molecular flexibility index (Phi) is 4.36. The minimum Gasteiger partial charge on any atom is -0.355 e. The van der Waals surface area contributed by atoms with Crippen LogP contribution in [0, 0.1) is 5.92 Å². The molecule has 0 saturated carbocycles. The number of aromatic nitrogens is 6. The van der Waals surface area contributed by atoms with Gasteiger partial charge in [-0.25, -0.2) is 19.3 Å². The van der Waals surface area contributed by atoms with Gasteiger partial charge < -0.3 is 4.90 Å². The topological polar surface area (TPSA) is 81.7 Å². The van der Waals surface area contributed by atoms with E-state index < -0.39 is 0 Å². The summed E-state index contributed by atoms with van der Waals surface area (Å²) in [6.45, 7) is 2.46. The molecule has 0 unspecified atom stereocenters. The summed E-state index contributed by atoms with van der Waals surface area (Å²) >= 11 is 1.68. The molecule has 0 atom stereocenters. The van der Waals surface area contributed by atoms with Crippen molar-refractivity contribution >= 4 is 27.4 Å². The molecule has 0 radical (unpaired) electrons. The maximum atomic E-state index is 12.3. The maximum Gasteiger partial charge on any atom is 0.266 e. The zero-order valence-corrected chi connectivity index (χ0v) is 16.0. The van der Waals surface area contributed by atoms with Gasteiger partial charge in [-0.3, -0.25) is 4.79 Å². The third kappa shape index (κ3) is 3.18. The van der Waals surface area contributed by atoms with Gasteiger partial charge in [-0.15, -0.1) is 16.4 Å². The van der Waals surface area contributed by atoms with Gasteiger partial charge in [0.25, 0.3) is 5.56 Å². The second-order valence-electron chi connectivity index (χ2n) is 6.93. The molecule has 28 heavy (non-hydrogen) atoms. The van der Waals surface area contributed by atoms with E-state index in [1.54, 1.807) is 45.4 Å². The molecule has 9 heteroatoms. The second-order valence-corrected chi connectivity index (χ2v) is 7.84. The van der Waals surface area contributed by atoms with Crippen LogP contribution in [0.3, 0.4) is 0 Å². The fourth-order valence-corrected chi connectivity index (χ4v) is 4.53. The number of nitrogens with zero attached hydrogens (tertiary/aromatic N) is 7. The second kappa shape index (κ2) is 7.16. The third-order valence-corrected chi connectivity index (χ3v) is 6.06. The van der Waals surface area contributed by atoms with Crippen LogP contribution in [0.1, 0.15) is 12.8 Å². The van der Waals surface area contributed by atoms with Crippen LogP contribution in [0.5, 0.6) is 0 Å². The normalized spacial score (nSPS) is 15.4. The molecule has 5 heterocycles. The minimum absolute atomic E-state index is 0.0746. The number of thiophene rings is 1. The molecule has 4 aromatic heterocycles. The van der Waals surface area contributed by atoms with Crippen LogP contribution >= 0.6 is 11.3 Å². The molecule has 0 N–H and O–H groups in total. The maximum absolute atomic E-state index is 12.3. The highest BCUT2D eigenvalue weighted by molar-refractivity contribution is 7.17. The standard InChI is InChI=1S/C19H19N7OS/c27-17-3-2-16(25-8-1-7-22-25)23-26(17)12-14-4-9-24(10-5-14)19-18-15(6-11-28-18)20-13-21-19/h1-3,6-8,11,13-14H,4-5,9-10,12H2. The van der Waals surface area contributed by atoms with E-state index in [9.17, 15) is 4.79 Å². The molecule has 1 fully saturated rings. The van der Waals surface area contributed by atoms with Crippen LogP contribution in [0.25, 0.3) is 16.0 Å². The highest BCUT2D eigenvalue weighted by atomic mass is 32.1. The van der Waals surface area contributed by atoms with E-state index in [-0.39, 0.29) is 5.56 Å². The molecule has 1 aliphatic rings. The molecule has 0 bridgehead atoms. The Labute approximate surface area is 165 Å². The molecule has 1 aliphatic heterocycles. The molecule has 0 spiro atoms. The summed E-state index contributed by atoms with van der Waals surface area (Å²) in [7, 11) is 0. The third-order valence-electron chi connectivity index (χ3n) is 5.16.